The van der Waals surface area contributed by atoms with Gasteiger partial charge in [0.1, 0.15) is 6.26 Å². The van der Waals surface area contributed by atoms with Gasteiger partial charge in [0.15, 0.2) is 5.78 Å². The van der Waals surface area contributed by atoms with Gasteiger partial charge in [-0.3, -0.25) is 4.79 Å². The molecule has 0 N–H and O–H groups in total. The van der Waals surface area contributed by atoms with Gasteiger partial charge in [-0.2, -0.15) is 0 Å². The summed E-state index contributed by atoms with van der Waals surface area (Å²) in [5, 5.41) is 1.10. The Morgan fingerprint density at radius 2 is 1.87 bits per heavy atom. The van der Waals surface area contributed by atoms with Gasteiger partial charge in [0.25, 0.3) is 0 Å². The van der Waals surface area contributed by atoms with Gasteiger partial charge in [0, 0.05) is 0 Å². The van der Waals surface area contributed by atoms with E-state index in [-0.39, 0.29) is 5.78 Å². The van der Waals surface area contributed by atoms with Crippen LogP contribution in [-0.4, -0.2) is 13.9 Å². The van der Waals surface area contributed by atoms with Crippen molar-refractivity contribution < 1.29 is 9.21 Å². The van der Waals surface area contributed by atoms with Gasteiger partial charge in [-0.1, -0.05) is 25.2 Å². The highest BCUT2D eigenvalue weighted by Gasteiger charge is 2.24. The summed E-state index contributed by atoms with van der Waals surface area (Å²) in [6.45, 7) is 10.5. The number of allylic oxidation sites excluding steroid dienone is 2. The van der Waals surface area contributed by atoms with Crippen LogP contribution in [0.2, 0.25) is 19.6 Å². The third-order valence-corrected chi connectivity index (χ3v) is 4.16. The summed E-state index contributed by atoms with van der Waals surface area (Å²) in [4.78, 5) is 11.9. The zero-order valence-electron chi connectivity index (χ0n) is 10.0. The first-order valence-corrected chi connectivity index (χ1v) is 8.58. The number of ketones is 1. The van der Waals surface area contributed by atoms with E-state index in [1.165, 1.54) is 0 Å². The molecule has 0 amide bonds. The lowest BCUT2D eigenvalue weighted by Crippen LogP contribution is -2.39. The second-order valence-corrected chi connectivity index (χ2v) is 10.1. The first-order valence-electron chi connectivity index (χ1n) is 5.08. The van der Waals surface area contributed by atoms with Crippen LogP contribution >= 0.6 is 0 Å². The zero-order chi connectivity index (χ0) is 11.6. The minimum Gasteiger partial charge on any atom is -0.472 e. The van der Waals surface area contributed by atoms with Crippen LogP contribution in [0.25, 0.3) is 0 Å². The Morgan fingerprint density at radius 1 is 1.27 bits per heavy atom. The topological polar surface area (TPSA) is 30.2 Å². The molecule has 0 aromatic carbocycles. The molecule has 0 saturated heterocycles. The van der Waals surface area contributed by atoms with Crippen molar-refractivity contribution in [2.75, 3.05) is 0 Å². The maximum atomic E-state index is 11.9. The minimum absolute atomic E-state index is 0.0566. The molecule has 1 rings (SSSR count). The minimum atomic E-state index is -1.48. The van der Waals surface area contributed by atoms with Gasteiger partial charge in [-0.25, -0.2) is 0 Å². The van der Waals surface area contributed by atoms with Crippen LogP contribution in [0.5, 0.6) is 0 Å². The number of carbonyl (C=O) groups excluding carboxylic acids is 1. The first kappa shape index (κ1) is 12.0. The normalized spacial score (nSPS) is 11.3. The Labute approximate surface area is 92.0 Å². The molecule has 82 valence electrons. The van der Waals surface area contributed by atoms with Crippen molar-refractivity contribution in [1.82, 2.24) is 0 Å². The largest absolute Gasteiger partial charge is 0.472 e. The number of hydrogen-bond donors (Lipinski definition) is 0. The molecule has 2 nitrogen and oxygen atoms in total. The van der Waals surface area contributed by atoms with E-state index in [1.54, 1.807) is 18.6 Å². The van der Waals surface area contributed by atoms with Crippen LogP contribution in [0.4, 0.5) is 0 Å². The molecule has 0 spiro atoms. The van der Waals surface area contributed by atoms with E-state index in [0.717, 1.165) is 16.3 Å². The van der Waals surface area contributed by atoms with E-state index in [2.05, 4.69) is 19.6 Å². The molecule has 0 atom stereocenters. The molecule has 0 unspecified atom stereocenters. The Hall–Kier alpha value is -1.09. The highest BCUT2D eigenvalue weighted by Crippen LogP contribution is 2.10. The lowest BCUT2D eigenvalue weighted by molar-refractivity contribution is 0.104. The van der Waals surface area contributed by atoms with Crippen LogP contribution in [0.1, 0.15) is 24.2 Å². The average Bonchev–Trinajstić information content (AvgIpc) is 2.48. The Bertz CT molecular complexity index is 390. The Morgan fingerprint density at radius 3 is 2.33 bits per heavy atom. The SMILES string of the molecule is CC(C)=CC(=O)c1cocc1[Si](C)(C)C. The molecule has 1 aromatic rings. The Kier molecular flexibility index (Phi) is 3.34. The maximum absolute atomic E-state index is 11.9. The number of furan rings is 1. The molecule has 0 aliphatic rings. The van der Waals surface area contributed by atoms with Crippen LogP contribution in [-0.2, 0) is 0 Å². The summed E-state index contributed by atoms with van der Waals surface area (Å²) in [5.74, 6) is 0.0566. The molecule has 15 heavy (non-hydrogen) atoms. The molecule has 0 aliphatic heterocycles. The summed E-state index contributed by atoms with van der Waals surface area (Å²) in [5.41, 5.74) is 1.75. The van der Waals surface area contributed by atoms with Crippen LogP contribution in [0.3, 0.4) is 0 Å². The standard InChI is InChI=1S/C12H18O2Si/c1-9(2)6-11(13)10-7-14-8-12(10)15(3,4)5/h6-8H,1-5H3. The molecule has 0 radical (unpaired) electrons. The lowest BCUT2D eigenvalue weighted by atomic mass is 10.1. The van der Waals surface area contributed by atoms with E-state index >= 15 is 0 Å². The van der Waals surface area contributed by atoms with Crippen molar-refractivity contribution in [1.29, 1.82) is 0 Å². The van der Waals surface area contributed by atoms with Crippen molar-refractivity contribution in [3.63, 3.8) is 0 Å². The molecule has 1 aromatic heterocycles. The van der Waals surface area contributed by atoms with Gasteiger partial charge < -0.3 is 4.42 Å². The van der Waals surface area contributed by atoms with Crippen molar-refractivity contribution in [2.45, 2.75) is 33.5 Å². The smallest absolute Gasteiger partial charge is 0.188 e. The first-order chi connectivity index (χ1) is 6.82. The van der Waals surface area contributed by atoms with E-state index < -0.39 is 8.07 Å². The fraction of sp³-hybridized carbons (Fsp3) is 0.417. The molecule has 0 aliphatic carbocycles. The molecule has 3 heteroatoms. The van der Waals surface area contributed by atoms with E-state index in [0.29, 0.717) is 0 Å². The van der Waals surface area contributed by atoms with Gasteiger partial charge in [-0.05, 0) is 25.1 Å². The van der Waals surface area contributed by atoms with Crippen molar-refractivity contribution >= 4 is 19.0 Å². The van der Waals surface area contributed by atoms with Gasteiger partial charge >= 0.3 is 0 Å². The summed E-state index contributed by atoms with van der Waals surface area (Å²) in [6.07, 6.45) is 4.95. The van der Waals surface area contributed by atoms with Crippen LogP contribution in [0, 0.1) is 0 Å². The second kappa shape index (κ2) is 4.19. The summed E-state index contributed by atoms with van der Waals surface area (Å²) in [6, 6.07) is 0. The second-order valence-electron chi connectivity index (χ2n) is 5.04. The Balaban J connectivity index is 3.12. The van der Waals surface area contributed by atoms with Gasteiger partial charge in [0.05, 0.1) is 19.9 Å². The van der Waals surface area contributed by atoms with Crippen molar-refractivity contribution in [3.05, 3.63) is 29.7 Å². The third-order valence-electron chi connectivity index (χ3n) is 2.16. The third kappa shape index (κ3) is 2.93. The monoisotopic (exact) mass is 222 g/mol. The predicted octanol–water partition coefficient (Wildman–Crippen LogP) is 2.97. The molecule has 0 saturated carbocycles. The summed E-state index contributed by atoms with van der Waals surface area (Å²) >= 11 is 0. The number of hydrogen-bond acceptors (Lipinski definition) is 2. The number of rotatable bonds is 3. The van der Waals surface area contributed by atoms with Gasteiger partial charge in [0.2, 0.25) is 0 Å². The molecular weight excluding hydrogens is 204 g/mol. The van der Waals surface area contributed by atoms with E-state index in [9.17, 15) is 4.79 Å². The molecular formula is C12H18O2Si. The van der Waals surface area contributed by atoms with Crippen LogP contribution in [0.15, 0.2) is 28.6 Å². The molecule has 0 bridgehead atoms. The summed E-state index contributed by atoms with van der Waals surface area (Å²) < 4.78 is 5.16. The van der Waals surface area contributed by atoms with Crippen LogP contribution < -0.4 is 5.19 Å². The fourth-order valence-electron chi connectivity index (χ4n) is 1.41. The van der Waals surface area contributed by atoms with E-state index in [1.807, 2.05) is 13.8 Å². The lowest BCUT2D eigenvalue weighted by Gasteiger charge is -2.14. The summed E-state index contributed by atoms with van der Waals surface area (Å²) in [7, 11) is -1.48. The number of carbonyl (C=O) groups is 1. The van der Waals surface area contributed by atoms with Crippen molar-refractivity contribution in [3.8, 4) is 0 Å². The zero-order valence-corrected chi connectivity index (χ0v) is 11.0. The fourth-order valence-corrected chi connectivity index (χ4v) is 2.82. The quantitative estimate of drug-likeness (QED) is 0.447. The molecule has 1 heterocycles. The van der Waals surface area contributed by atoms with Crippen molar-refractivity contribution in [2.24, 2.45) is 0 Å². The van der Waals surface area contributed by atoms with Gasteiger partial charge in [-0.15, -0.1) is 0 Å². The predicted molar refractivity (Wildman–Crippen MR) is 65.4 cm³/mol. The average molecular weight is 222 g/mol. The highest BCUT2D eigenvalue weighted by molar-refractivity contribution is 6.89. The van der Waals surface area contributed by atoms with E-state index in [4.69, 9.17) is 4.42 Å². The maximum Gasteiger partial charge on any atom is 0.188 e. The molecule has 0 fully saturated rings. The highest BCUT2D eigenvalue weighted by atomic mass is 28.3.